The SMILES string of the molecule is CP1(=O)OC[C@H]2O[C@@H](n3cnc4c(=O)[nH]c(N)nc43)C(NC(=O)CCOCCOCCOCCOCCOCCC(=O)ON3C(=O)CCC3=O)[C@H]2OP(C)(=O)OC[C@H]2O[C@@H](n3cnc4c(=O)[nH]c(N)nc43)C(O)[C@H]2O1. The summed E-state index contributed by atoms with van der Waals surface area (Å²) < 4.78 is 94.5. The van der Waals surface area contributed by atoms with E-state index in [1.165, 1.54) is 21.8 Å². The number of carbonyl (C=O) groups excluding carboxylic acids is 4. The largest absolute Gasteiger partial charge is 0.386 e. The third-order valence-electron chi connectivity index (χ3n) is 11.6. The van der Waals surface area contributed by atoms with Crippen molar-refractivity contribution in [3.8, 4) is 0 Å². The number of amides is 3. The van der Waals surface area contributed by atoms with Gasteiger partial charge in [0.1, 0.15) is 36.6 Å². The standard InChI is InChI=1S/C40H56N12O21P2/c1-74(60)68-18-22-32(30(57)38(70-22)51-20-44-29-34(51)47-40(42)49-36(29)59)73-75(2,61)67-17-21-31(72-74)27(37(69-21)50-19-43-28-33(50)46-39(41)48-35(28)58)45-23(53)5-7-62-9-11-64-13-15-66-16-14-65-12-10-63-8-6-26(56)71-52-24(54)3-4-25(52)55/h19-22,27,30-32,37-38,57H,3-18H2,1-2H3,(H,45,53)(H3,41,46,48,58)(H3,42,47,49,59)/t21-,22-,27?,30?,31+,32+,37-,38-,74?,75?/m1/s1. The number of H-pyrrole nitrogens is 2. The van der Waals surface area contributed by atoms with Gasteiger partial charge < -0.3 is 73.5 Å². The van der Waals surface area contributed by atoms with Crippen LogP contribution in [-0.4, -0.2) is 202 Å². The summed E-state index contributed by atoms with van der Waals surface area (Å²) in [6, 6.07) is -1.25. The Balaban J connectivity index is 0.812. The number of carbonyl (C=O) groups is 4. The Labute approximate surface area is 423 Å². The number of aromatic nitrogens is 8. The van der Waals surface area contributed by atoms with Gasteiger partial charge in [0, 0.05) is 32.6 Å². The number of imide groups is 1. The van der Waals surface area contributed by atoms with E-state index in [1.807, 2.05) is 0 Å². The number of aliphatic hydroxyl groups is 1. The maximum Gasteiger partial charge on any atom is 0.335 e. The molecule has 75 heavy (non-hydrogen) atoms. The van der Waals surface area contributed by atoms with Crippen LogP contribution in [0, 0.1) is 0 Å². The van der Waals surface area contributed by atoms with Gasteiger partial charge in [0.2, 0.25) is 17.8 Å². The molecule has 0 aromatic carbocycles. The summed E-state index contributed by atoms with van der Waals surface area (Å²) in [6.07, 6.45) is -7.56. The molecule has 4 aromatic heterocycles. The third kappa shape index (κ3) is 13.9. The van der Waals surface area contributed by atoms with Gasteiger partial charge in [0.15, 0.2) is 34.8 Å². The van der Waals surface area contributed by atoms with Gasteiger partial charge in [-0.05, 0) is 0 Å². The second kappa shape index (κ2) is 24.6. The van der Waals surface area contributed by atoms with Crippen molar-refractivity contribution in [2.45, 2.75) is 74.7 Å². The molecule has 0 radical (unpaired) electrons. The number of aliphatic hydroxyl groups excluding tert-OH is 1. The molecule has 4 aliphatic rings. The predicted molar refractivity (Wildman–Crippen MR) is 250 cm³/mol. The summed E-state index contributed by atoms with van der Waals surface area (Å²) in [6.45, 7) is 2.87. The first-order valence-electron chi connectivity index (χ1n) is 23.4. The van der Waals surface area contributed by atoms with Crippen LogP contribution in [0.4, 0.5) is 11.9 Å². The van der Waals surface area contributed by atoms with Crippen molar-refractivity contribution in [2.75, 3.05) is 104 Å². The first kappa shape index (κ1) is 55.6. The summed E-state index contributed by atoms with van der Waals surface area (Å²) in [7, 11) is -8.40. The Kier molecular flexibility index (Phi) is 18.2. The number of nitrogen functional groups attached to an aromatic ring is 2. The number of nitrogens with one attached hydrogen (secondary N) is 3. The molecule has 412 valence electrons. The van der Waals surface area contributed by atoms with Crippen LogP contribution in [0.2, 0.25) is 0 Å². The van der Waals surface area contributed by atoms with Gasteiger partial charge in [-0.1, -0.05) is 0 Å². The smallest absolute Gasteiger partial charge is 0.335 e. The first-order chi connectivity index (χ1) is 35.9. The topological polar surface area (TPSA) is 428 Å². The molecule has 4 unspecified atom stereocenters. The molecule has 33 nitrogen and oxygen atoms in total. The minimum absolute atomic E-state index is 0.0103. The molecule has 4 saturated heterocycles. The number of anilines is 2. The van der Waals surface area contributed by atoms with E-state index in [4.69, 9.17) is 67.6 Å². The lowest BCUT2D eigenvalue weighted by atomic mass is 10.1. The number of fused-ring (bicyclic) bond motifs is 4. The van der Waals surface area contributed by atoms with Gasteiger partial charge in [-0.2, -0.15) is 9.97 Å². The van der Waals surface area contributed by atoms with E-state index in [0.717, 1.165) is 13.3 Å². The van der Waals surface area contributed by atoms with Crippen LogP contribution in [0.1, 0.15) is 38.1 Å². The Morgan fingerprint density at radius 3 is 1.65 bits per heavy atom. The quantitative estimate of drug-likeness (QED) is 0.0281. The molecule has 8 N–H and O–H groups in total. The Bertz CT molecular complexity index is 2900. The number of hydrogen-bond donors (Lipinski definition) is 6. The zero-order valence-electron chi connectivity index (χ0n) is 40.4. The number of aromatic amines is 2. The van der Waals surface area contributed by atoms with E-state index in [9.17, 15) is 43.0 Å². The third-order valence-corrected chi connectivity index (χ3v) is 14.1. The number of hydrogen-bond acceptors (Lipinski definition) is 27. The van der Waals surface area contributed by atoms with Gasteiger partial charge in [0.05, 0.1) is 98.4 Å². The molecule has 8 heterocycles. The van der Waals surface area contributed by atoms with Gasteiger partial charge >= 0.3 is 21.2 Å². The van der Waals surface area contributed by atoms with E-state index in [0.29, 0.717) is 5.06 Å². The lowest BCUT2D eigenvalue weighted by molar-refractivity contribution is -0.198. The average molecular weight is 1100 g/mol. The maximum absolute atomic E-state index is 14.3. The molecule has 0 bridgehead atoms. The summed E-state index contributed by atoms with van der Waals surface area (Å²) in [5.41, 5.74) is 10.00. The number of imidazole rings is 2. The van der Waals surface area contributed by atoms with Crippen LogP contribution in [0.15, 0.2) is 22.2 Å². The highest BCUT2D eigenvalue weighted by molar-refractivity contribution is 7.53. The van der Waals surface area contributed by atoms with Crippen LogP contribution in [0.3, 0.4) is 0 Å². The van der Waals surface area contributed by atoms with Crippen LogP contribution in [-0.2, 0) is 84.4 Å². The summed E-state index contributed by atoms with van der Waals surface area (Å²) in [5.74, 6) is -2.94. The molecule has 0 aliphatic carbocycles. The lowest BCUT2D eigenvalue weighted by Gasteiger charge is -2.30. The predicted octanol–water partition coefficient (Wildman–Crippen LogP) is -2.01. The van der Waals surface area contributed by atoms with E-state index < -0.39 is 112 Å². The Morgan fingerprint density at radius 2 is 1.13 bits per heavy atom. The van der Waals surface area contributed by atoms with E-state index in [-0.39, 0.29) is 126 Å². The van der Waals surface area contributed by atoms with Crippen LogP contribution in [0.5, 0.6) is 0 Å². The molecule has 0 spiro atoms. The maximum atomic E-state index is 14.3. The Hall–Kier alpha value is -5.64. The van der Waals surface area contributed by atoms with Crippen molar-refractivity contribution in [3.63, 3.8) is 0 Å². The van der Waals surface area contributed by atoms with Crippen molar-refractivity contribution < 1.29 is 89.5 Å². The number of hydroxylamine groups is 2. The fraction of sp³-hybridized carbons (Fsp3) is 0.650. The normalized spacial score (nSPS) is 28.3. The van der Waals surface area contributed by atoms with Crippen molar-refractivity contribution in [2.24, 2.45) is 0 Å². The first-order valence-corrected chi connectivity index (χ1v) is 27.3. The van der Waals surface area contributed by atoms with Crippen molar-refractivity contribution in [1.29, 1.82) is 0 Å². The molecule has 0 saturated carbocycles. The summed E-state index contributed by atoms with van der Waals surface area (Å²) >= 11 is 0. The van der Waals surface area contributed by atoms with Crippen LogP contribution >= 0.6 is 15.2 Å². The van der Waals surface area contributed by atoms with E-state index in [1.54, 1.807) is 0 Å². The summed E-state index contributed by atoms with van der Waals surface area (Å²) in [4.78, 5) is 99.7. The van der Waals surface area contributed by atoms with Gasteiger partial charge in [-0.15, -0.1) is 5.06 Å². The van der Waals surface area contributed by atoms with Crippen LogP contribution in [0.25, 0.3) is 22.3 Å². The molecule has 4 fully saturated rings. The van der Waals surface area contributed by atoms with Gasteiger partial charge in [-0.25, -0.2) is 14.8 Å². The lowest BCUT2D eigenvalue weighted by Crippen LogP contribution is -2.48. The van der Waals surface area contributed by atoms with Crippen molar-refractivity contribution in [3.05, 3.63) is 33.4 Å². The number of rotatable bonds is 22. The molecule has 8 rings (SSSR count). The molecule has 35 heteroatoms. The molecular formula is C40H56N12O21P2. The highest BCUT2D eigenvalue weighted by atomic mass is 31.2. The fourth-order valence-corrected chi connectivity index (χ4v) is 10.5. The molecular weight excluding hydrogens is 1050 g/mol. The fourth-order valence-electron chi connectivity index (χ4n) is 8.15. The van der Waals surface area contributed by atoms with Crippen LogP contribution < -0.4 is 27.9 Å². The number of nitrogens with zero attached hydrogens (tertiary/aromatic N) is 7. The molecule has 3 amide bonds. The number of ether oxygens (including phenoxy) is 7. The molecule has 10 atom stereocenters. The zero-order chi connectivity index (χ0) is 53.4. The van der Waals surface area contributed by atoms with Gasteiger partial charge in [0.25, 0.3) is 22.9 Å². The number of nitrogens with two attached hydrogens (primary N) is 2. The zero-order valence-corrected chi connectivity index (χ0v) is 42.2. The summed E-state index contributed by atoms with van der Waals surface area (Å²) in [5, 5.41) is 14.9. The Morgan fingerprint density at radius 1 is 0.693 bits per heavy atom. The second-order valence-electron chi connectivity index (χ2n) is 17.1. The molecule has 4 aromatic rings. The van der Waals surface area contributed by atoms with Crippen molar-refractivity contribution >= 4 is 73.1 Å². The second-order valence-corrected chi connectivity index (χ2v) is 21.2. The molecule has 4 aliphatic heterocycles. The minimum Gasteiger partial charge on any atom is -0.386 e. The van der Waals surface area contributed by atoms with Crippen molar-refractivity contribution in [1.82, 2.24) is 49.4 Å². The highest BCUT2D eigenvalue weighted by Crippen LogP contribution is 2.54. The average Bonchev–Trinajstić information content (AvgIpc) is 4.17. The highest BCUT2D eigenvalue weighted by Gasteiger charge is 2.53. The van der Waals surface area contributed by atoms with E-state index in [2.05, 4.69) is 35.2 Å². The van der Waals surface area contributed by atoms with E-state index >= 15 is 0 Å². The minimum atomic E-state index is -4.22. The monoisotopic (exact) mass is 1100 g/mol. The van der Waals surface area contributed by atoms with Gasteiger partial charge in [-0.3, -0.25) is 56.7 Å².